The Balaban J connectivity index is 2.56. The van der Waals surface area contributed by atoms with Crippen LogP contribution in [0.2, 0.25) is 0 Å². The molecule has 0 aliphatic carbocycles. The normalized spacial score (nSPS) is 18.1. The summed E-state index contributed by atoms with van der Waals surface area (Å²) in [5.41, 5.74) is -0.0525. The van der Waals surface area contributed by atoms with Gasteiger partial charge in [-0.1, -0.05) is 0 Å². The van der Waals surface area contributed by atoms with E-state index >= 15 is 0 Å². The number of likely N-dealkylation sites (N-methyl/N-ethyl adjacent to an activating group) is 1. The van der Waals surface area contributed by atoms with Crippen molar-refractivity contribution in [2.45, 2.75) is 23.8 Å². The number of hydrogen-bond donors (Lipinski definition) is 1. The van der Waals surface area contributed by atoms with Gasteiger partial charge in [0.25, 0.3) is 0 Å². The zero-order chi connectivity index (χ0) is 18.6. The molecule has 1 atom stereocenters. The highest BCUT2D eigenvalue weighted by molar-refractivity contribution is 7.89. The molecule has 1 aliphatic heterocycles. The summed E-state index contributed by atoms with van der Waals surface area (Å²) in [6, 6.07) is 3.57. The van der Waals surface area contributed by atoms with Crippen LogP contribution >= 0.6 is 0 Å². The Morgan fingerprint density at radius 3 is 2.52 bits per heavy atom. The molecule has 1 fully saturated rings. The van der Waals surface area contributed by atoms with Gasteiger partial charge in [0.2, 0.25) is 10.0 Å². The first kappa shape index (κ1) is 19.4. The maximum atomic E-state index is 13.2. The van der Waals surface area contributed by atoms with Crippen molar-refractivity contribution in [2.24, 2.45) is 0 Å². The molecule has 1 aromatic carbocycles. The third-order valence-electron chi connectivity index (χ3n) is 4.16. The van der Waals surface area contributed by atoms with E-state index in [9.17, 15) is 18.0 Å². The lowest BCUT2D eigenvalue weighted by atomic mass is 10.1. The Morgan fingerprint density at radius 2 is 1.92 bits per heavy atom. The highest BCUT2D eigenvalue weighted by atomic mass is 32.2. The summed E-state index contributed by atoms with van der Waals surface area (Å²) in [7, 11) is 0.151. The van der Waals surface area contributed by atoms with Crippen LogP contribution in [0.5, 0.6) is 0 Å². The van der Waals surface area contributed by atoms with E-state index in [2.05, 4.69) is 14.8 Å². The number of carbonyl (C=O) groups is 2. The quantitative estimate of drug-likeness (QED) is 0.733. The summed E-state index contributed by atoms with van der Waals surface area (Å²) in [6.07, 6.45) is 1.46. The van der Waals surface area contributed by atoms with E-state index in [1.54, 1.807) is 7.05 Å². The van der Waals surface area contributed by atoms with Crippen LogP contribution in [0.1, 0.15) is 33.6 Å². The van der Waals surface area contributed by atoms with Gasteiger partial charge < -0.3 is 14.8 Å². The van der Waals surface area contributed by atoms with Gasteiger partial charge in [-0.2, -0.15) is 4.31 Å². The number of carbonyl (C=O) groups excluding carboxylic acids is 2. The van der Waals surface area contributed by atoms with E-state index in [1.807, 2.05) is 0 Å². The average molecular weight is 370 g/mol. The number of ether oxygens (including phenoxy) is 2. The summed E-state index contributed by atoms with van der Waals surface area (Å²) in [6.45, 7) is 0.862. The lowest BCUT2D eigenvalue weighted by molar-refractivity contribution is 0.0583. The molecule has 2 rings (SSSR count). The summed E-state index contributed by atoms with van der Waals surface area (Å²) in [5.74, 6) is -1.46. The third-order valence-corrected chi connectivity index (χ3v) is 6.15. The number of rotatable bonds is 6. The van der Waals surface area contributed by atoms with Crippen molar-refractivity contribution >= 4 is 22.0 Å². The van der Waals surface area contributed by atoms with Gasteiger partial charge in [0.1, 0.15) is 0 Å². The van der Waals surface area contributed by atoms with Crippen molar-refractivity contribution in [3.8, 4) is 0 Å². The van der Waals surface area contributed by atoms with Crippen LogP contribution in [-0.2, 0) is 19.5 Å². The van der Waals surface area contributed by atoms with Gasteiger partial charge in [0.05, 0.1) is 30.2 Å². The summed E-state index contributed by atoms with van der Waals surface area (Å²) < 4.78 is 37.0. The minimum Gasteiger partial charge on any atom is -0.465 e. The first-order valence-electron chi connectivity index (χ1n) is 7.84. The smallest absolute Gasteiger partial charge is 0.339 e. The standard InChI is InChI=1S/C16H22N2O6S/c1-17-10-12-5-4-8-18(12)25(21,22)14-9-11(15(19)23-2)6-7-13(14)16(20)24-3/h6-7,9,12,17H,4-5,8,10H2,1-3H3. The van der Waals surface area contributed by atoms with Crippen LogP contribution in [0.4, 0.5) is 0 Å². The lowest BCUT2D eigenvalue weighted by Gasteiger charge is -2.25. The van der Waals surface area contributed by atoms with Crippen molar-refractivity contribution in [1.82, 2.24) is 9.62 Å². The SMILES string of the molecule is CNCC1CCCN1S(=O)(=O)c1cc(C(=O)OC)ccc1C(=O)OC. The fraction of sp³-hybridized carbons (Fsp3) is 0.500. The second kappa shape index (κ2) is 7.94. The van der Waals surface area contributed by atoms with E-state index in [0.717, 1.165) is 12.8 Å². The Morgan fingerprint density at radius 1 is 1.24 bits per heavy atom. The van der Waals surface area contributed by atoms with Gasteiger partial charge in [0.15, 0.2) is 0 Å². The molecule has 1 unspecified atom stereocenters. The van der Waals surface area contributed by atoms with E-state index in [4.69, 9.17) is 0 Å². The number of hydrogen-bond acceptors (Lipinski definition) is 7. The summed E-state index contributed by atoms with van der Waals surface area (Å²) >= 11 is 0. The van der Waals surface area contributed by atoms with Crippen LogP contribution in [0.3, 0.4) is 0 Å². The molecule has 25 heavy (non-hydrogen) atoms. The van der Waals surface area contributed by atoms with E-state index in [0.29, 0.717) is 13.1 Å². The number of methoxy groups -OCH3 is 2. The average Bonchev–Trinajstić information content (AvgIpc) is 3.09. The van der Waals surface area contributed by atoms with Crippen molar-refractivity contribution in [3.05, 3.63) is 29.3 Å². The first-order chi connectivity index (χ1) is 11.9. The van der Waals surface area contributed by atoms with Gasteiger partial charge in [-0.25, -0.2) is 18.0 Å². The number of benzene rings is 1. The highest BCUT2D eigenvalue weighted by Crippen LogP contribution is 2.29. The zero-order valence-electron chi connectivity index (χ0n) is 14.4. The van der Waals surface area contributed by atoms with Crippen LogP contribution in [0.15, 0.2) is 23.1 Å². The fourth-order valence-electron chi connectivity index (χ4n) is 2.95. The molecule has 1 aromatic rings. The fourth-order valence-corrected chi connectivity index (χ4v) is 4.85. The van der Waals surface area contributed by atoms with Gasteiger partial charge in [0, 0.05) is 19.1 Å². The Labute approximate surface area is 147 Å². The molecule has 1 N–H and O–H groups in total. The molecule has 1 aliphatic rings. The van der Waals surface area contributed by atoms with Crippen molar-refractivity contribution < 1.29 is 27.5 Å². The second-order valence-corrected chi connectivity index (χ2v) is 7.52. The maximum absolute atomic E-state index is 13.2. The summed E-state index contributed by atoms with van der Waals surface area (Å²) in [4.78, 5) is 23.5. The molecule has 1 heterocycles. The molecule has 0 radical (unpaired) electrons. The van der Waals surface area contributed by atoms with Crippen LogP contribution in [0, 0.1) is 0 Å². The van der Waals surface area contributed by atoms with Crippen molar-refractivity contribution in [3.63, 3.8) is 0 Å². The molecule has 8 nitrogen and oxygen atoms in total. The highest BCUT2D eigenvalue weighted by Gasteiger charge is 2.37. The minimum absolute atomic E-state index is 0.0538. The van der Waals surface area contributed by atoms with Crippen molar-refractivity contribution in [1.29, 1.82) is 0 Å². The minimum atomic E-state index is -3.98. The maximum Gasteiger partial charge on any atom is 0.339 e. The third kappa shape index (κ3) is 3.83. The molecule has 138 valence electrons. The number of esters is 2. The largest absolute Gasteiger partial charge is 0.465 e. The molecule has 0 spiro atoms. The number of sulfonamides is 1. The molecular weight excluding hydrogens is 348 g/mol. The van der Waals surface area contributed by atoms with Crippen LogP contribution in [0.25, 0.3) is 0 Å². The van der Waals surface area contributed by atoms with Crippen LogP contribution < -0.4 is 5.32 Å². The van der Waals surface area contributed by atoms with Gasteiger partial charge in [-0.05, 0) is 38.1 Å². The van der Waals surface area contributed by atoms with Gasteiger partial charge in [-0.3, -0.25) is 0 Å². The summed E-state index contributed by atoms with van der Waals surface area (Å²) in [5, 5.41) is 2.98. The van der Waals surface area contributed by atoms with E-state index < -0.39 is 22.0 Å². The molecule has 0 amide bonds. The molecule has 0 saturated carbocycles. The Kier molecular flexibility index (Phi) is 6.15. The first-order valence-corrected chi connectivity index (χ1v) is 9.28. The number of nitrogens with one attached hydrogen (secondary N) is 1. The molecule has 9 heteroatoms. The second-order valence-electron chi connectivity index (χ2n) is 5.66. The van der Waals surface area contributed by atoms with Crippen LogP contribution in [-0.4, -0.2) is 65.1 Å². The molecule has 0 aromatic heterocycles. The molecule has 0 bridgehead atoms. The predicted octanol–water partition coefficient (Wildman–Crippen LogP) is 0.632. The molecular formula is C16H22N2O6S. The Bertz CT molecular complexity index is 762. The van der Waals surface area contributed by atoms with Crippen molar-refractivity contribution in [2.75, 3.05) is 34.4 Å². The topological polar surface area (TPSA) is 102 Å². The number of nitrogens with zero attached hydrogens (tertiary/aromatic N) is 1. The van der Waals surface area contributed by atoms with Gasteiger partial charge >= 0.3 is 11.9 Å². The predicted molar refractivity (Wildman–Crippen MR) is 90.0 cm³/mol. The van der Waals surface area contributed by atoms with E-state index in [1.165, 1.54) is 36.7 Å². The monoisotopic (exact) mass is 370 g/mol. The zero-order valence-corrected chi connectivity index (χ0v) is 15.3. The lowest BCUT2D eigenvalue weighted by Crippen LogP contribution is -2.41. The van der Waals surface area contributed by atoms with E-state index in [-0.39, 0.29) is 22.1 Å². The van der Waals surface area contributed by atoms with Gasteiger partial charge in [-0.15, -0.1) is 0 Å². The Hall–Kier alpha value is -1.97. The molecule has 1 saturated heterocycles.